The number of likely N-dealkylation sites (tertiary alicyclic amines) is 2. The van der Waals surface area contributed by atoms with Crippen molar-refractivity contribution in [2.75, 3.05) is 71.0 Å². The van der Waals surface area contributed by atoms with E-state index in [1.807, 2.05) is 12.1 Å². The highest BCUT2D eigenvalue weighted by molar-refractivity contribution is 6.33. The third kappa shape index (κ3) is 10.9. The van der Waals surface area contributed by atoms with Gasteiger partial charge in [0.05, 0.1) is 29.8 Å². The van der Waals surface area contributed by atoms with Crippen LogP contribution in [0, 0.1) is 11.8 Å². The summed E-state index contributed by atoms with van der Waals surface area (Å²) in [6.45, 7) is 5.49. The maximum atomic E-state index is 14.0. The van der Waals surface area contributed by atoms with E-state index in [9.17, 15) is 32.3 Å². The number of carbonyl (C=O) groups excluding carboxylic acids is 3. The molecular formula is C39H52ClF3N6O7. The first-order valence-electron chi connectivity index (χ1n) is 19.1. The van der Waals surface area contributed by atoms with Gasteiger partial charge in [0.25, 0.3) is 5.91 Å². The van der Waals surface area contributed by atoms with Crippen molar-refractivity contribution in [2.24, 2.45) is 11.8 Å². The first kappa shape index (κ1) is 42.7. The number of carboxylic acid groups (broad SMARTS) is 1. The van der Waals surface area contributed by atoms with E-state index in [4.69, 9.17) is 31.9 Å². The lowest BCUT2D eigenvalue weighted by atomic mass is 9.83. The molecule has 17 heteroatoms. The highest BCUT2D eigenvalue weighted by Crippen LogP contribution is 2.38. The highest BCUT2D eigenvalue weighted by atomic mass is 35.5. The number of halogens is 4. The zero-order valence-electron chi connectivity index (χ0n) is 32.1. The number of ether oxygens (including phenoxy) is 2. The Hall–Kier alpha value is -4.44. The topological polar surface area (TPSA) is 158 Å². The molecule has 4 amide bonds. The minimum Gasteiger partial charge on any atom is -0.497 e. The summed E-state index contributed by atoms with van der Waals surface area (Å²) < 4.78 is 52.7. The summed E-state index contributed by atoms with van der Waals surface area (Å²) in [4.78, 5) is 58.6. The van der Waals surface area contributed by atoms with Crippen LogP contribution in [0.15, 0.2) is 30.3 Å². The van der Waals surface area contributed by atoms with Gasteiger partial charge in [-0.15, -0.1) is 0 Å². The fourth-order valence-corrected chi connectivity index (χ4v) is 8.11. The van der Waals surface area contributed by atoms with Gasteiger partial charge in [0.2, 0.25) is 0 Å². The number of rotatable bonds is 13. The predicted molar refractivity (Wildman–Crippen MR) is 205 cm³/mol. The van der Waals surface area contributed by atoms with Crippen LogP contribution in [0.3, 0.4) is 0 Å². The molecule has 2 aromatic carbocycles. The van der Waals surface area contributed by atoms with Gasteiger partial charge in [-0.05, 0) is 105 Å². The lowest BCUT2D eigenvalue weighted by Crippen LogP contribution is -2.51. The Balaban J connectivity index is 1.22. The summed E-state index contributed by atoms with van der Waals surface area (Å²) in [6, 6.07) is 7.17. The number of methoxy groups -OCH3 is 1. The fourth-order valence-electron chi connectivity index (χ4n) is 7.87. The zero-order chi connectivity index (χ0) is 40.7. The molecule has 2 fully saturated rings. The molecular weight excluding hydrogens is 757 g/mol. The van der Waals surface area contributed by atoms with Gasteiger partial charge in [0.15, 0.2) is 6.10 Å². The average molecular weight is 809 g/mol. The Morgan fingerprint density at radius 1 is 1.07 bits per heavy atom. The second-order valence-corrected chi connectivity index (χ2v) is 15.5. The second-order valence-electron chi connectivity index (χ2n) is 15.1. The van der Waals surface area contributed by atoms with Gasteiger partial charge in [0.1, 0.15) is 5.75 Å². The lowest BCUT2D eigenvalue weighted by Gasteiger charge is -2.38. The van der Waals surface area contributed by atoms with Crippen molar-refractivity contribution in [2.45, 2.75) is 76.6 Å². The molecule has 0 radical (unpaired) electrons. The number of fused-ring (bicyclic) bond motifs is 1. The Morgan fingerprint density at radius 3 is 2.41 bits per heavy atom. The van der Waals surface area contributed by atoms with Crippen LogP contribution in [0.1, 0.15) is 62.1 Å². The smallest absolute Gasteiger partial charge is 0.418 e. The molecule has 0 spiro atoms. The summed E-state index contributed by atoms with van der Waals surface area (Å²) in [5, 5.41) is 11.6. The SMILES string of the molecule is COc1ccc2c(c1)CCN(C1CCN(C(=O)O[C@H](Cc3cc(Cl)c(N)c(C(F)(F)F)c3)C(=O)N(C)CCC(C)C3CCN(CCC(=O)O)CC3)CC1)C(=O)N2. The van der Waals surface area contributed by atoms with Crippen molar-refractivity contribution >= 4 is 47.0 Å². The number of nitrogens with two attached hydrogens (primary N) is 1. The van der Waals surface area contributed by atoms with Crippen molar-refractivity contribution in [3.8, 4) is 5.75 Å². The molecule has 0 aliphatic carbocycles. The number of hydrogen-bond donors (Lipinski definition) is 3. The molecule has 56 heavy (non-hydrogen) atoms. The molecule has 2 atom stereocenters. The van der Waals surface area contributed by atoms with Crippen LogP contribution < -0.4 is 15.8 Å². The van der Waals surface area contributed by atoms with Gasteiger partial charge in [0, 0.05) is 57.9 Å². The Bertz CT molecular complexity index is 1730. The minimum atomic E-state index is -4.80. The first-order valence-corrected chi connectivity index (χ1v) is 19.5. The number of hydrogen-bond acceptors (Lipinski definition) is 8. The average Bonchev–Trinajstić information content (AvgIpc) is 3.33. The van der Waals surface area contributed by atoms with Crippen LogP contribution in [0.4, 0.5) is 34.1 Å². The number of likely N-dealkylation sites (N-methyl/N-ethyl adjacent to an activating group) is 1. The van der Waals surface area contributed by atoms with Crippen molar-refractivity contribution in [3.05, 3.63) is 52.0 Å². The molecule has 308 valence electrons. The molecule has 3 heterocycles. The Morgan fingerprint density at radius 2 is 1.77 bits per heavy atom. The number of nitrogens with zero attached hydrogens (tertiary/aromatic N) is 4. The van der Waals surface area contributed by atoms with Gasteiger partial charge in [-0.3, -0.25) is 9.59 Å². The van der Waals surface area contributed by atoms with Gasteiger partial charge in [-0.1, -0.05) is 18.5 Å². The molecule has 1 unspecified atom stereocenters. The first-order chi connectivity index (χ1) is 26.5. The number of benzene rings is 2. The van der Waals surface area contributed by atoms with Crippen molar-refractivity contribution in [1.29, 1.82) is 0 Å². The number of carboxylic acids is 1. The van der Waals surface area contributed by atoms with E-state index in [1.165, 1.54) is 15.9 Å². The molecule has 0 aromatic heterocycles. The molecule has 13 nitrogen and oxygen atoms in total. The quantitative estimate of drug-likeness (QED) is 0.200. The largest absolute Gasteiger partial charge is 0.497 e. The van der Waals surface area contributed by atoms with Crippen molar-refractivity contribution in [3.63, 3.8) is 0 Å². The van der Waals surface area contributed by atoms with Gasteiger partial charge in [-0.25, -0.2) is 9.59 Å². The van der Waals surface area contributed by atoms with E-state index in [-0.39, 0.29) is 54.5 Å². The van der Waals surface area contributed by atoms with E-state index in [2.05, 4.69) is 17.1 Å². The summed E-state index contributed by atoms with van der Waals surface area (Å²) in [7, 11) is 3.16. The number of carbonyl (C=O) groups is 4. The van der Waals surface area contributed by atoms with Gasteiger partial charge < -0.3 is 45.2 Å². The number of aliphatic carboxylic acids is 1. The maximum absolute atomic E-state index is 14.0. The van der Waals surface area contributed by atoms with Gasteiger partial charge in [-0.2, -0.15) is 13.2 Å². The number of amides is 4. The standard InChI is InChI=1S/C39H52ClF3N6O7/c1-24(26-7-14-47(15-8-26)16-12-34(50)51)6-13-46(2)36(52)33(22-25-20-30(39(41,42)43)35(44)31(40)21-25)56-38(54)48-17-10-28(11-18-48)49-19-9-27-23-29(55-3)4-5-32(27)45-37(49)53/h4-5,20-21,23-24,26,28,33H,6-19,22,44H2,1-3H3,(H,45,53)(H,50,51)/t24?,33-/m1/s1. The Kier molecular flexibility index (Phi) is 14.2. The van der Waals surface area contributed by atoms with Crippen LogP contribution in [-0.4, -0.2) is 121 Å². The molecule has 0 saturated carbocycles. The van der Waals surface area contributed by atoms with E-state index in [1.54, 1.807) is 25.1 Å². The summed E-state index contributed by atoms with van der Waals surface area (Å²) in [5.74, 6) is -0.0759. The lowest BCUT2D eigenvalue weighted by molar-refractivity contribution is -0.140. The number of urea groups is 1. The molecule has 2 aromatic rings. The van der Waals surface area contributed by atoms with Gasteiger partial charge >= 0.3 is 24.3 Å². The predicted octanol–water partition coefficient (Wildman–Crippen LogP) is 6.22. The maximum Gasteiger partial charge on any atom is 0.418 e. The molecule has 2 saturated heterocycles. The van der Waals surface area contributed by atoms with E-state index < -0.39 is 41.5 Å². The van der Waals surface area contributed by atoms with Crippen LogP contribution in [-0.2, 0) is 33.3 Å². The van der Waals surface area contributed by atoms with E-state index in [0.717, 1.165) is 43.2 Å². The van der Waals surface area contributed by atoms with Crippen molar-refractivity contribution < 1.29 is 46.9 Å². The number of nitrogen functional groups attached to an aromatic ring is 1. The minimum absolute atomic E-state index is 0.0311. The van der Waals surface area contributed by atoms with Crippen LogP contribution in [0.5, 0.6) is 5.75 Å². The second kappa shape index (κ2) is 18.7. The number of nitrogens with one attached hydrogen (secondary N) is 1. The van der Waals surface area contributed by atoms with E-state index in [0.29, 0.717) is 57.0 Å². The van der Waals surface area contributed by atoms with E-state index >= 15 is 0 Å². The normalized spacial score (nSPS) is 18.4. The highest BCUT2D eigenvalue weighted by Gasteiger charge is 2.37. The number of anilines is 2. The summed E-state index contributed by atoms with van der Waals surface area (Å²) in [6.07, 6.45) is -3.32. The van der Waals surface area contributed by atoms with Crippen molar-refractivity contribution in [1.82, 2.24) is 19.6 Å². The summed E-state index contributed by atoms with van der Waals surface area (Å²) in [5.41, 5.74) is 5.58. The fraction of sp³-hybridized carbons (Fsp3) is 0.590. The monoisotopic (exact) mass is 808 g/mol. The third-order valence-corrected chi connectivity index (χ3v) is 11.7. The molecule has 3 aliphatic heterocycles. The summed E-state index contributed by atoms with van der Waals surface area (Å²) >= 11 is 6.11. The van der Waals surface area contributed by atoms with Crippen LogP contribution >= 0.6 is 11.6 Å². The zero-order valence-corrected chi connectivity index (χ0v) is 32.8. The molecule has 4 N–H and O–H groups in total. The number of piperidine rings is 2. The third-order valence-electron chi connectivity index (χ3n) is 11.4. The molecule has 0 bridgehead atoms. The van der Waals surface area contributed by atoms with Crippen LogP contribution in [0.25, 0.3) is 0 Å². The Labute approximate surface area is 330 Å². The van der Waals surface area contributed by atoms with Crippen LogP contribution in [0.2, 0.25) is 5.02 Å². The number of alkyl halides is 3. The molecule has 3 aliphatic rings. The molecule has 5 rings (SSSR count).